The molecule has 3 aromatic carbocycles. The summed E-state index contributed by atoms with van der Waals surface area (Å²) in [7, 11) is -7.68. The van der Waals surface area contributed by atoms with Gasteiger partial charge in [0.1, 0.15) is 5.82 Å². The number of pyridine rings is 1. The summed E-state index contributed by atoms with van der Waals surface area (Å²) in [5, 5.41) is 2.71. The maximum absolute atomic E-state index is 12.9. The van der Waals surface area contributed by atoms with Crippen molar-refractivity contribution in [1.29, 1.82) is 0 Å². The predicted octanol–water partition coefficient (Wildman–Crippen LogP) is 4.24. The van der Waals surface area contributed by atoms with Gasteiger partial charge in [0.05, 0.1) is 15.5 Å². The predicted molar refractivity (Wildman–Crippen MR) is 138 cm³/mol. The van der Waals surface area contributed by atoms with E-state index in [1.165, 1.54) is 48.7 Å². The van der Waals surface area contributed by atoms with Gasteiger partial charge in [0.15, 0.2) is 0 Å². The van der Waals surface area contributed by atoms with Gasteiger partial charge in [-0.2, -0.15) is 0 Å². The second-order valence-electron chi connectivity index (χ2n) is 7.70. The number of amides is 1. The number of carbonyl (C=O) groups is 1. The average Bonchev–Trinajstić information content (AvgIpc) is 2.86. The van der Waals surface area contributed by atoms with Gasteiger partial charge in [-0.25, -0.2) is 21.8 Å². The summed E-state index contributed by atoms with van der Waals surface area (Å²) in [4.78, 5) is 17.0. The Morgan fingerprint density at radius 1 is 0.694 bits per heavy atom. The fourth-order valence-electron chi connectivity index (χ4n) is 3.33. The molecular formula is C25H22N4O5S2. The molecule has 0 spiro atoms. The normalized spacial score (nSPS) is 11.5. The van der Waals surface area contributed by atoms with Crippen molar-refractivity contribution in [3.05, 3.63) is 108 Å². The van der Waals surface area contributed by atoms with E-state index in [1.54, 1.807) is 55.5 Å². The van der Waals surface area contributed by atoms with E-state index in [9.17, 15) is 21.6 Å². The zero-order valence-corrected chi connectivity index (χ0v) is 20.7. The molecule has 9 nitrogen and oxygen atoms in total. The van der Waals surface area contributed by atoms with Crippen LogP contribution in [0.5, 0.6) is 0 Å². The van der Waals surface area contributed by atoms with E-state index in [1.807, 2.05) is 0 Å². The molecule has 36 heavy (non-hydrogen) atoms. The van der Waals surface area contributed by atoms with Crippen molar-refractivity contribution in [3.8, 4) is 0 Å². The molecule has 1 amide bonds. The third-order valence-electron chi connectivity index (χ3n) is 5.20. The molecule has 184 valence electrons. The number of benzene rings is 3. The molecule has 0 atom stereocenters. The second kappa shape index (κ2) is 10.2. The summed E-state index contributed by atoms with van der Waals surface area (Å²) in [5.41, 5.74) is 1.34. The van der Waals surface area contributed by atoms with Gasteiger partial charge in [0.25, 0.3) is 26.0 Å². The lowest BCUT2D eigenvalue weighted by atomic mass is 10.1. The van der Waals surface area contributed by atoms with E-state index in [0.717, 1.165) is 0 Å². The van der Waals surface area contributed by atoms with E-state index >= 15 is 0 Å². The third kappa shape index (κ3) is 5.70. The highest BCUT2D eigenvalue weighted by Crippen LogP contribution is 2.24. The minimum absolute atomic E-state index is 0.000325. The summed E-state index contributed by atoms with van der Waals surface area (Å²) in [6.45, 7) is 1.64. The number of aromatic nitrogens is 1. The molecule has 0 saturated heterocycles. The zero-order chi connectivity index (χ0) is 25.8. The van der Waals surface area contributed by atoms with Crippen LogP contribution in [0.2, 0.25) is 0 Å². The van der Waals surface area contributed by atoms with Crippen molar-refractivity contribution < 1.29 is 21.6 Å². The van der Waals surface area contributed by atoms with E-state index in [2.05, 4.69) is 19.7 Å². The molecule has 1 heterocycles. The zero-order valence-electron chi connectivity index (χ0n) is 19.0. The summed E-state index contributed by atoms with van der Waals surface area (Å²) >= 11 is 0. The fourth-order valence-corrected chi connectivity index (χ4v) is 5.48. The topological polar surface area (TPSA) is 134 Å². The van der Waals surface area contributed by atoms with Crippen LogP contribution in [0.25, 0.3) is 0 Å². The summed E-state index contributed by atoms with van der Waals surface area (Å²) < 4.78 is 55.4. The van der Waals surface area contributed by atoms with E-state index in [4.69, 9.17) is 0 Å². The highest BCUT2D eigenvalue weighted by Gasteiger charge is 2.19. The number of hydrogen-bond donors (Lipinski definition) is 3. The first-order chi connectivity index (χ1) is 17.2. The SMILES string of the molecule is Cc1c(NS(=O)(=O)c2ccccc2)cccc1C(=O)Nc1ccc(S(=O)(=O)Nc2ccccn2)cc1. The highest BCUT2D eigenvalue weighted by atomic mass is 32.2. The first-order valence-corrected chi connectivity index (χ1v) is 13.7. The Bertz CT molecular complexity index is 1590. The molecule has 4 rings (SSSR count). The third-order valence-corrected chi connectivity index (χ3v) is 7.95. The summed E-state index contributed by atoms with van der Waals surface area (Å²) in [6, 6.07) is 23.1. The van der Waals surface area contributed by atoms with Gasteiger partial charge in [-0.3, -0.25) is 14.2 Å². The molecule has 4 aromatic rings. The van der Waals surface area contributed by atoms with Crippen molar-refractivity contribution in [2.75, 3.05) is 14.8 Å². The second-order valence-corrected chi connectivity index (χ2v) is 11.1. The van der Waals surface area contributed by atoms with E-state index in [0.29, 0.717) is 11.3 Å². The van der Waals surface area contributed by atoms with E-state index in [-0.39, 0.29) is 26.9 Å². The standard InChI is InChI=1S/C25H22N4O5S2/c1-18-22(10-7-11-23(18)28-35(31,32)20-8-3-2-4-9-20)25(30)27-19-13-15-21(16-14-19)36(33,34)29-24-12-5-6-17-26-24/h2-17,28H,1H3,(H,26,29)(H,27,30). The molecule has 0 aliphatic carbocycles. The van der Waals surface area contributed by atoms with Crippen LogP contribution in [0.1, 0.15) is 15.9 Å². The molecule has 1 aromatic heterocycles. The fraction of sp³-hybridized carbons (Fsp3) is 0.0400. The van der Waals surface area contributed by atoms with Crippen LogP contribution in [0, 0.1) is 6.92 Å². The van der Waals surface area contributed by atoms with Crippen LogP contribution in [-0.2, 0) is 20.0 Å². The van der Waals surface area contributed by atoms with Crippen LogP contribution in [0.4, 0.5) is 17.2 Å². The van der Waals surface area contributed by atoms with Crippen LogP contribution in [0.15, 0.2) is 107 Å². The highest BCUT2D eigenvalue weighted by molar-refractivity contribution is 7.93. The van der Waals surface area contributed by atoms with Crippen LogP contribution in [-0.4, -0.2) is 27.7 Å². The van der Waals surface area contributed by atoms with Gasteiger partial charge in [-0.15, -0.1) is 0 Å². The maximum Gasteiger partial charge on any atom is 0.263 e. The van der Waals surface area contributed by atoms with Crippen molar-refractivity contribution in [1.82, 2.24) is 4.98 Å². The first-order valence-electron chi connectivity index (χ1n) is 10.7. The Balaban J connectivity index is 1.49. The first kappa shape index (κ1) is 24.9. The molecular weight excluding hydrogens is 500 g/mol. The Kier molecular flexibility index (Phi) is 7.04. The molecule has 0 radical (unpaired) electrons. The number of anilines is 3. The average molecular weight is 523 g/mol. The van der Waals surface area contributed by atoms with Crippen LogP contribution >= 0.6 is 0 Å². The Morgan fingerprint density at radius 2 is 1.33 bits per heavy atom. The molecule has 0 saturated carbocycles. The number of carbonyl (C=O) groups excluding carboxylic acids is 1. The molecule has 0 aliphatic rings. The van der Waals surface area contributed by atoms with E-state index < -0.39 is 26.0 Å². The lowest BCUT2D eigenvalue weighted by Gasteiger charge is -2.14. The molecule has 0 bridgehead atoms. The van der Waals surface area contributed by atoms with Gasteiger partial charge >= 0.3 is 0 Å². The largest absolute Gasteiger partial charge is 0.322 e. The quantitative estimate of drug-likeness (QED) is 0.317. The summed E-state index contributed by atoms with van der Waals surface area (Å²) in [5.74, 6) is -0.288. The molecule has 0 unspecified atom stereocenters. The lowest BCUT2D eigenvalue weighted by Crippen LogP contribution is -2.17. The van der Waals surface area contributed by atoms with Gasteiger partial charge in [-0.1, -0.05) is 30.3 Å². The van der Waals surface area contributed by atoms with Gasteiger partial charge in [0, 0.05) is 17.4 Å². The number of sulfonamides is 2. The maximum atomic E-state index is 12.9. The van der Waals surface area contributed by atoms with Crippen molar-refractivity contribution in [2.45, 2.75) is 16.7 Å². The number of nitrogens with zero attached hydrogens (tertiary/aromatic N) is 1. The van der Waals surface area contributed by atoms with Gasteiger partial charge < -0.3 is 5.32 Å². The Labute approximate surface area is 209 Å². The monoisotopic (exact) mass is 522 g/mol. The number of hydrogen-bond acceptors (Lipinski definition) is 6. The van der Waals surface area contributed by atoms with Crippen molar-refractivity contribution in [3.63, 3.8) is 0 Å². The molecule has 3 N–H and O–H groups in total. The minimum atomic E-state index is -3.85. The van der Waals surface area contributed by atoms with Crippen molar-refractivity contribution >= 4 is 43.1 Å². The number of rotatable bonds is 8. The van der Waals surface area contributed by atoms with Crippen molar-refractivity contribution in [2.24, 2.45) is 0 Å². The van der Waals surface area contributed by atoms with Gasteiger partial charge in [-0.05, 0) is 73.2 Å². The van der Waals surface area contributed by atoms with Gasteiger partial charge in [0.2, 0.25) is 0 Å². The molecule has 0 fully saturated rings. The summed E-state index contributed by atoms with van der Waals surface area (Å²) in [6.07, 6.45) is 1.47. The van der Waals surface area contributed by atoms with Crippen LogP contribution in [0.3, 0.4) is 0 Å². The van der Waals surface area contributed by atoms with Crippen LogP contribution < -0.4 is 14.8 Å². The Hall–Kier alpha value is -4.22. The smallest absolute Gasteiger partial charge is 0.263 e. The number of nitrogens with one attached hydrogen (secondary N) is 3. The molecule has 11 heteroatoms. The minimum Gasteiger partial charge on any atom is -0.322 e. The molecule has 0 aliphatic heterocycles. The Morgan fingerprint density at radius 3 is 2.00 bits per heavy atom. The lowest BCUT2D eigenvalue weighted by molar-refractivity contribution is 0.102.